The molecule has 158 valence electrons. The summed E-state index contributed by atoms with van der Waals surface area (Å²) in [6.07, 6.45) is 7.41. The molecular weight excluding hydrogens is 408 g/mol. The fourth-order valence-corrected chi connectivity index (χ4v) is 6.36. The van der Waals surface area contributed by atoms with Crippen LogP contribution in [0.5, 0.6) is 5.75 Å². The van der Waals surface area contributed by atoms with Crippen LogP contribution in [0.1, 0.15) is 44.9 Å². The maximum absolute atomic E-state index is 13.2. The van der Waals surface area contributed by atoms with Crippen molar-refractivity contribution in [2.24, 2.45) is 5.92 Å². The van der Waals surface area contributed by atoms with E-state index in [1.165, 1.54) is 19.3 Å². The number of piperidine rings is 1. The van der Waals surface area contributed by atoms with Gasteiger partial charge in [0.25, 0.3) is 5.91 Å². The van der Waals surface area contributed by atoms with Gasteiger partial charge < -0.3 is 14.5 Å². The number of likely N-dealkylation sites (tertiary alicyclic amines) is 1. The largest absolute Gasteiger partial charge is 0.484 e. The third-order valence-electron chi connectivity index (χ3n) is 6.47. The number of hydrogen-bond donors (Lipinski definition) is 0. The summed E-state index contributed by atoms with van der Waals surface area (Å²) >= 11 is 7.79. The van der Waals surface area contributed by atoms with Crippen LogP contribution >= 0.6 is 23.4 Å². The third kappa shape index (κ3) is 4.69. The summed E-state index contributed by atoms with van der Waals surface area (Å²) in [6, 6.07) is 7.04. The Hall–Kier alpha value is -1.40. The van der Waals surface area contributed by atoms with Crippen LogP contribution < -0.4 is 4.74 Å². The molecule has 29 heavy (non-hydrogen) atoms. The van der Waals surface area contributed by atoms with Gasteiger partial charge in [0.05, 0.1) is 4.87 Å². The SMILES string of the molecule is O=C(COc1ccc(Cl)cc1)N1CCC2(CC1)SCCN2C(=O)C1CCCCC1. The molecule has 1 saturated carbocycles. The first-order valence-corrected chi connectivity index (χ1v) is 12.1. The summed E-state index contributed by atoms with van der Waals surface area (Å²) in [5.74, 6) is 2.23. The van der Waals surface area contributed by atoms with Crippen molar-refractivity contribution in [1.29, 1.82) is 0 Å². The first-order valence-electron chi connectivity index (χ1n) is 10.7. The Bertz CT molecular complexity index is 728. The Kier molecular flexibility index (Phi) is 6.60. The summed E-state index contributed by atoms with van der Waals surface area (Å²) in [7, 11) is 0. The molecule has 1 spiro atoms. The summed E-state index contributed by atoms with van der Waals surface area (Å²) in [5.41, 5.74) is 0. The van der Waals surface area contributed by atoms with Crippen molar-refractivity contribution >= 4 is 35.2 Å². The van der Waals surface area contributed by atoms with Gasteiger partial charge in [0.2, 0.25) is 5.91 Å². The average Bonchev–Trinajstić information content (AvgIpc) is 3.16. The lowest BCUT2D eigenvalue weighted by molar-refractivity contribution is -0.141. The molecule has 7 heteroatoms. The van der Waals surface area contributed by atoms with E-state index in [-0.39, 0.29) is 23.3 Å². The highest BCUT2D eigenvalue weighted by molar-refractivity contribution is 8.00. The highest BCUT2D eigenvalue weighted by Gasteiger charge is 2.48. The second kappa shape index (κ2) is 9.17. The molecule has 0 unspecified atom stereocenters. The number of nitrogens with zero attached hydrogens (tertiary/aromatic N) is 2. The van der Waals surface area contributed by atoms with Crippen LogP contribution in [-0.4, -0.2) is 58.5 Å². The molecular formula is C22H29ClN2O3S. The molecule has 0 bridgehead atoms. The van der Waals surface area contributed by atoms with Crippen molar-refractivity contribution in [3.05, 3.63) is 29.3 Å². The number of halogens is 1. The van der Waals surface area contributed by atoms with Crippen molar-refractivity contribution in [3.63, 3.8) is 0 Å². The molecule has 0 atom stereocenters. The summed E-state index contributed by atoms with van der Waals surface area (Å²) in [6.45, 7) is 2.26. The number of hydrogen-bond acceptors (Lipinski definition) is 4. The van der Waals surface area contributed by atoms with Gasteiger partial charge in [-0.15, -0.1) is 11.8 Å². The average molecular weight is 437 g/mol. The van der Waals surface area contributed by atoms with E-state index in [1.807, 2.05) is 16.7 Å². The van der Waals surface area contributed by atoms with E-state index in [0.717, 1.165) is 38.0 Å². The van der Waals surface area contributed by atoms with Crippen LogP contribution in [-0.2, 0) is 9.59 Å². The molecule has 3 aliphatic rings. The summed E-state index contributed by atoms with van der Waals surface area (Å²) in [4.78, 5) is 29.7. The molecule has 2 saturated heterocycles. The van der Waals surface area contributed by atoms with E-state index < -0.39 is 0 Å². The van der Waals surface area contributed by atoms with Gasteiger partial charge in [0, 0.05) is 36.3 Å². The van der Waals surface area contributed by atoms with Crippen molar-refractivity contribution in [3.8, 4) is 5.75 Å². The van der Waals surface area contributed by atoms with Gasteiger partial charge in [0.15, 0.2) is 6.61 Å². The molecule has 4 rings (SSSR count). The Morgan fingerprint density at radius 3 is 2.45 bits per heavy atom. The first kappa shape index (κ1) is 20.9. The first-order chi connectivity index (χ1) is 14.1. The maximum Gasteiger partial charge on any atom is 0.260 e. The number of amides is 2. The summed E-state index contributed by atoms with van der Waals surface area (Å²) < 4.78 is 5.61. The number of carbonyl (C=O) groups excluding carboxylic acids is 2. The van der Waals surface area contributed by atoms with E-state index in [1.54, 1.807) is 24.3 Å². The number of ether oxygens (including phenoxy) is 1. The molecule has 2 heterocycles. The normalized spacial score (nSPS) is 22.1. The number of rotatable bonds is 4. The molecule has 1 aromatic rings. The van der Waals surface area contributed by atoms with Crippen LogP contribution in [0.25, 0.3) is 0 Å². The van der Waals surface area contributed by atoms with Crippen molar-refractivity contribution in [2.45, 2.75) is 49.8 Å². The van der Waals surface area contributed by atoms with Gasteiger partial charge in [-0.05, 0) is 49.9 Å². The molecule has 1 aliphatic carbocycles. The summed E-state index contributed by atoms with van der Waals surface area (Å²) in [5, 5.41) is 0.645. The maximum atomic E-state index is 13.2. The lowest BCUT2D eigenvalue weighted by atomic mass is 9.87. The molecule has 0 N–H and O–H groups in total. The Labute approximate surface area is 182 Å². The Morgan fingerprint density at radius 1 is 1.07 bits per heavy atom. The number of thioether (sulfide) groups is 1. The lowest BCUT2D eigenvalue weighted by Crippen LogP contribution is -2.55. The molecule has 2 amide bonds. The smallest absolute Gasteiger partial charge is 0.260 e. The van der Waals surface area contributed by atoms with Gasteiger partial charge in [-0.3, -0.25) is 9.59 Å². The van der Waals surface area contributed by atoms with Crippen LogP contribution in [0.15, 0.2) is 24.3 Å². The topological polar surface area (TPSA) is 49.9 Å². The zero-order chi connectivity index (χ0) is 20.3. The molecule has 2 aliphatic heterocycles. The highest BCUT2D eigenvalue weighted by atomic mass is 35.5. The van der Waals surface area contributed by atoms with Crippen LogP contribution in [0.2, 0.25) is 5.02 Å². The zero-order valence-corrected chi connectivity index (χ0v) is 18.3. The minimum absolute atomic E-state index is 0.00274. The molecule has 0 aromatic heterocycles. The fraction of sp³-hybridized carbons (Fsp3) is 0.636. The quantitative estimate of drug-likeness (QED) is 0.710. The second-order valence-electron chi connectivity index (χ2n) is 8.24. The van der Waals surface area contributed by atoms with Gasteiger partial charge in [0.1, 0.15) is 5.75 Å². The minimum atomic E-state index is -0.109. The molecule has 1 aromatic carbocycles. The van der Waals surface area contributed by atoms with Crippen molar-refractivity contribution in [2.75, 3.05) is 32.0 Å². The molecule has 0 radical (unpaired) electrons. The number of carbonyl (C=O) groups is 2. The van der Waals surface area contributed by atoms with E-state index >= 15 is 0 Å². The second-order valence-corrected chi connectivity index (χ2v) is 10.1. The van der Waals surface area contributed by atoms with Gasteiger partial charge in [-0.1, -0.05) is 30.9 Å². The van der Waals surface area contributed by atoms with Crippen molar-refractivity contribution < 1.29 is 14.3 Å². The Balaban J connectivity index is 1.31. The van der Waals surface area contributed by atoms with Crippen LogP contribution in [0.4, 0.5) is 0 Å². The van der Waals surface area contributed by atoms with Gasteiger partial charge in [-0.2, -0.15) is 0 Å². The molecule has 3 fully saturated rings. The fourth-order valence-electron chi connectivity index (χ4n) is 4.78. The third-order valence-corrected chi connectivity index (χ3v) is 8.28. The predicted molar refractivity (Wildman–Crippen MR) is 116 cm³/mol. The van der Waals surface area contributed by atoms with Crippen LogP contribution in [0, 0.1) is 5.92 Å². The molecule has 5 nitrogen and oxygen atoms in total. The van der Waals surface area contributed by atoms with E-state index in [9.17, 15) is 9.59 Å². The van der Waals surface area contributed by atoms with E-state index in [0.29, 0.717) is 29.8 Å². The van der Waals surface area contributed by atoms with E-state index in [2.05, 4.69) is 4.90 Å². The van der Waals surface area contributed by atoms with Gasteiger partial charge in [-0.25, -0.2) is 0 Å². The number of benzene rings is 1. The van der Waals surface area contributed by atoms with Crippen molar-refractivity contribution in [1.82, 2.24) is 9.80 Å². The lowest BCUT2D eigenvalue weighted by Gasteiger charge is -2.45. The van der Waals surface area contributed by atoms with E-state index in [4.69, 9.17) is 16.3 Å². The van der Waals surface area contributed by atoms with Crippen LogP contribution in [0.3, 0.4) is 0 Å². The standard InChI is InChI=1S/C22H29ClN2O3S/c23-18-6-8-19(9-7-18)28-16-20(26)24-12-10-22(11-13-24)25(14-15-29-22)21(27)17-4-2-1-3-5-17/h6-9,17H,1-5,10-16H2. The Morgan fingerprint density at radius 2 is 1.76 bits per heavy atom. The zero-order valence-electron chi connectivity index (χ0n) is 16.8. The predicted octanol–water partition coefficient (Wildman–Crippen LogP) is 4.19. The van der Waals surface area contributed by atoms with Gasteiger partial charge >= 0.3 is 0 Å². The minimum Gasteiger partial charge on any atom is -0.484 e. The highest BCUT2D eigenvalue weighted by Crippen LogP contribution is 2.45. The monoisotopic (exact) mass is 436 g/mol.